The second-order valence-corrected chi connectivity index (χ2v) is 8.76. The Balaban J connectivity index is 1.55. The van der Waals surface area contributed by atoms with Crippen LogP contribution in [0.15, 0.2) is 24.5 Å². The minimum atomic E-state index is -0.461. The smallest absolute Gasteiger partial charge is 0.295 e. The fraction of sp³-hybridized carbons (Fsp3) is 0.381. The Morgan fingerprint density at radius 1 is 1.34 bits per heavy atom. The van der Waals surface area contributed by atoms with E-state index in [4.69, 9.17) is 25.8 Å². The van der Waals surface area contributed by atoms with Crippen molar-refractivity contribution in [2.75, 3.05) is 32.2 Å². The number of ether oxygens (including phenoxy) is 3. The summed E-state index contributed by atoms with van der Waals surface area (Å²) in [5.41, 5.74) is 2.12. The molecule has 32 heavy (non-hydrogen) atoms. The van der Waals surface area contributed by atoms with Crippen molar-refractivity contribution >= 4 is 34.0 Å². The molecule has 168 valence electrons. The number of nitrogens with zero attached hydrogens (tertiary/aromatic N) is 4. The average molecular weight is 476 g/mol. The number of rotatable bonds is 7. The van der Waals surface area contributed by atoms with Crippen molar-refractivity contribution in [2.45, 2.75) is 13.8 Å². The van der Waals surface area contributed by atoms with Crippen molar-refractivity contribution in [1.82, 2.24) is 20.2 Å². The zero-order valence-corrected chi connectivity index (χ0v) is 19.4. The molecule has 0 aromatic carbocycles. The lowest BCUT2D eigenvalue weighted by atomic mass is 10.00. The van der Waals surface area contributed by atoms with E-state index in [0.29, 0.717) is 57.9 Å². The molecule has 3 aromatic rings. The number of hydrogen-bond acceptors (Lipinski definition) is 9. The van der Waals surface area contributed by atoms with E-state index in [2.05, 4.69) is 32.4 Å². The molecule has 0 bridgehead atoms. The first-order valence-corrected chi connectivity index (χ1v) is 11.2. The first kappa shape index (κ1) is 22.4. The van der Waals surface area contributed by atoms with Crippen LogP contribution < -0.4 is 14.8 Å². The van der Waals surface area contributed by atoms with Gasteiger partial charge in [0.1, 0.15) is 10.9 Å². The number of hydrogen-bond donors (Lipinski definition) is 1. The van der Waals surface area contributed by atoms with Gasteiger partial charge in [-0.1, -0.05) is 23.6 Å². The Labute approximate surface area is 194 Å². The van der Waals surface area contributed by atoms with Gasteiger partial charge in [-0.05, 0) is 36.3 Å². The highest BCUT2D eigenvalue weighted by atomic mass is 35.5. The minimum Gasteiger partial charge on any atom is -0.494 e. The maximum absolute atomic E-state index is 13.1. The summed E-state index contributed by atoms with van der Waals surface area (Å²) in [7, 11) is 1.54. The molecule has 1 fully saturated rings. The number of amides is 1. The quantitative estimate of drug-likeness (QED) is 0.513. The Kier molecular flexibility index (Phi) is 6.83. The highest BCUT2D eigenvalue weighted by Crippen LogP contribution is 2.35. The van der Waals surface area contributed by atoms with Gasteiger partial charge in [0, 0.05) is 35.5 Å². The molecule has 1 aliphatic rings. The number of anilines is 1. The van der Waals surface area contributed by atoms with Crippen LogP contribution >= 0.6 is 22.9 Å². The standard InChI is InChI=1S/C21H22ClN5O4S/c1-11-8-30-9-13(11)10-31-21-27-26-20(32-21)25-19(28)17-15(6-12(2)24-18(17)22)14-4-5-23-7-16(14)29-3/h4-7,11,13H,8-10H2,1-3H3,(H,25,26,28)/t11-,13-/m0/s1. The molecule has 1 aliphatic heterocycles. The number of aromatic nitrogens is 4. The van der Waals surface area contributed by atoms with Gasteiger partial charge in [0.2, 0.25) is 5.13 Å². The third kappa shape index (κ3) is 4.82. The molecule has 9 nitrogen and oxygen atoms in total. The van der Waals surface area contributed by atoms with Gasteiger partial charge in [0.15, 0.2) is 0 Å². The molecule has 1 N–H and O–H groups in total. The summed E-state index contributed by atoms with van der Waals surface area (Å²) in [5, 5.41) is 11.5. The molecule has 1 amide bonds. The lowest BCUT2D eigenvalue weighted by Crippen LogP contribution is -2.17. The number of nitrogens with one attached hydrogen (secondary N) is 1. The van der Waals surface area contributed by atoms with Crippen LogP contribution in [0, 0.1) is 18.8 Å². The minimum absolute atomic E-state index is 0.0765. The van der Waals surface area contributed by atoms with E-state index in [-0.39, 0.29) is 10.7 Å². The van der Waals surface area contributed by atoms with Crippen LogP contribution in [-0.2, 0) is 4.74 Å². The van der Waals surface area contributed by atoms with Gasteiger partial charge < -0.3 is 14.2 Å². The fourth-order valence-electron chi connectivity index (χ4n) is 3.40. The van der Waals surface area contributed by atoms with Crippen molar-refractivity contribution in [2.24, 2.45) is 11.8 Å². The van der Waals surface area contributed by atoms with E-state index in [1.807, 2.05) is 0 Å². The molecule has 0 aliphatic carbocycles. The maximum atomic E-state index is 13.1. The summed E-state index contributed by atoms with van der Waals surface area (Å²) in [6, 6.07) is 3.53. The first-order valence-electron chi connectivity index (χ1n) is 9.97. The Bertz CT molecular complexity index is 1130. The Morgan fingerprint density at radius 2 is 2.19 bits per heavy atom. The zero-order valence-electron chi connectivity index (χ0n) is 17.8. The number of pyridine rings is 2. The summed E-state index contributed by atoms with van der Waals surface area (Å²) >= 11 is 7.53. The Hall–Kier alpha value is -2.82. The van der Waals surface area contributed by atoms with E-state index in [1.54, 1.807) is 31.5 Å². The van der Waals surface area contributed by atoms with Crippen molar-refractivity contribution < 1.29 is 19.0 Å². The zero-order chi connectivity index (χ0) is 22.7. The van der Waals surface area contributed by atoms with Gasteiger partial charge in [0.05, 0.1) is 32.1 Å². The highest BCUT2D eigenvalue weighted by molar-refractivity contribution is 7.17. The molecule has 0 spiro atoms. The number of aryl methyl sites for hydroxylation is 1. The van der Waals surface area contributed by atoms with Gasteiger partial charge in [-0.25, -0.2) is 4.98 Å². The average Bonchev–Trinajstić information content (AvgIpc) is 3.39. The van der Waals surface area contributed by atoms with Gasteiger partial charge in [-0.2, -0.15) is 0 Å². The van der Waals surface area contributed by atoms with E-state index < -0.39 is 5.91 Å². The summed E-state index contributed by atoms with van der Waals surface area (Å²) in [4.78, 5) is 21.5. The van der Waals surface area contributed by atoms with Crippen LogP contribution in [0.3, 0.4) is 0 Å². The number of carbonyl (C=O) groups is 1. The van der Waals surface area contributed by atoms with E-state index in [0.717, 1.165) is 17.9 Å². The second kappa shape index (κ2) is 9.76. The monoisotopic (exact) mass is 475 g/mol. The van der Waals surface area contributed by atoms with Crippen LogP contribution in [0.2, 0.25) is 5.15 Å². The molecular formula is C21H22ClN5O4S. The SMILES string of the molecule is COc1cnccc1-c1cc(C)nc(Cl)c1C(=O)Nc1nnc(OC[C@@H]2COC[C@@H]2C)s1. The van der Waals surface area contributed by atoms with E-state index >= 15 is 0 Å². The molecule has 4 heterocycles. The summed E-state index contributed by atoms with van der Waals surface area (Å²) in [6.45, 7) is 5.82. The molecule has 2 atom stereocenters. The normalized spacial score (nSPS) is 17.9. The Morgan fingerprint density at radius 3 is 2.94 bits per heavy atom. The highest BCUT2D eigenvalue weighted by Gasteiger charge is 2.26. The number of methoxy groups -OCH3 is 1. The molecule has 4 rings (SSSR count). The molecule has 11 heteroatoms. The topological polar surface area (TPSA) is 108 Å². The van der Waals surface area contributed by atoms with Gasteiger partial charge >= 0.3 is 0 Å². The van der Waals surface area contributed by atoms with Gasteiger partial charge in [-0.3, -0.25) is 15.1 Å². The predicted octanol–water partition coefficient (Wildman–Crippen LogP) is 3.88. The number of carbonyl (C=O) groups excluding carboxylic acids is 1. The predicted molar refractivity (Wildman–Crippen MR) is 121 cm³/mol. The van der Waals surface area contributed by atoms with Crippen LogP contribution in [0.4, 0.5) is 5.13 Å². The van der Waals surface area contributed by atoms with Gasteiger partial charge in [-0.15, -0.1) is 5.10 Å². The first-order chi connectivity index (χ1) is 15.5. The lowest BCUT2D eigenvalue weighted by Gasteiger charge is -2.14. The van der Waals surface area contributed by atoms with Crippen LogP contribution in [0.25, 0.3) is 11.1 Å². The van der Waals surface area contributed by atoms with Crippen LogP contribution in [-0.4, -0.2) is 53.0 Å². The van der Waals surface area contributed by atoms with Crippen molar-refractivity contribution in [3.63, 3.8) is 0 Å². The number of halogens is 1. The summed E-state index contributed by atoms with van der Waals surface area (Å²) in [6.07, 6.45) is 3.19. The van der Waals surface area contributed by atoms with Crippen LogP contribution in [0.5, 0.6) is 10.9 Å². The second-order valence-electron chi connectivity index (χ2n) is 7.47. The van der Waals surface area contributed by atoms with E-state index in [1.165, 1.54) is 7.11 Å². The molecule has 1 saturated heterocycles. The molecule has 0 saturated carbocycles. The van der Waals surface area contributed by atoms with E-state index in [9.17, 15) is 4.79 Å². The van der Waals surface area contributed by atoms with Crippen molar-refractivity contribution in [3.8, 4) is 22.1 Å². The lowest BCUT2D eigenvalue weighted by molar-refractivity contribution is 0.102. The van der Waals surface area contributed by atoms with Crippen molar-refractivity contribution in [1.29, 1.82) is 0 Å². The third-order valence-corrected chi connectivity index (χ3v) is 6.21. The van der Waals surface area contributed by atoms with Crippen LogP contribution in [0.1, 0.15) is 23.0 Å². The third-order valence-electron chi connectivity index (χ3n) is 5.19. The molecule has 0 radical (unpaired) electrons. The van der Waals surface area contributed by atoms with Crippen molar-refractivity contribution in [3.05, 3.63) is 40.9 Å². The summed E-state index contributed by atoms with van der Waals surface area (Å²) < 4.78 is 16.6. The maximum Gasteiger partial charge on any atom is 0.295 e. The largest absolute Gasteiger partial charge is 0.494 e. The molecular weight excluding hydrogens is 454 g/mol. The molecule has 0 unspecified atom stereocenters. The van der Waals surface area contributed by atoms with Gasteiger partial charge in [0.25, 0.3) is 11.1 Å². The fourth-order valence-corrected chi connectivity index (χ4v) is 4.32. The molecule has 3 aromatic heterocycles. The summed E-state index contributed by atoms with van der Waals surface area (Å²) in [5.74, 6) is 0.797.